The number of aryl methyl sites for hydroxylation is 1. The Morgan fingerprint density at radius 1 is 1.18 bits per heavy atom. The molecule has 17 heavy (non-hydrogen) atoms. The van der Waals surface area contributed by atoms with Crippen LogP contribution in [0, 0.1) is 12.8 Å². The molecule has 0 fully saturated rings. The summed E-state index contributed by atoms with van der Waals surface area (Å²) in [6.45, 7) is 10.4. The number of aromatic nitrogens is 2. The van der Waals surface area contributed by atoms with Crippen LogP contribution in [0.25, 0.3) is 0 Å². The van der Waals surface area contributed by atoms with Gasteiger partial charge in [-0.25, -0.2) is 9.97 Å². The lowest BCUT2D eigenvalue weighted by Gasteiger charge is -2.12. The van der Waals surface area contributed by atoms with Crippen molar-refractivity contribution < 1.29 is 0 Å². The predicted molar refractivity (Wildman–Crippen MR) is 73.5 cm³/mol. The Hall–Kier alpha value is -1.32. The summed E-state index contributed by atoms with van der Waals surface area (Å²) in [4.78, 5) is 8.74. The molecular weight excluding hydrogens is 212 g/mol. The molecule has 1 rings (SSSR count). The average Bonchev–Trinajstić information content (AvgIpc) is 2.32. The Balaban J connectivity index is 2.61. The fraction of sp³-hybridized carbons (Fsp3) is 0.692. The van der Waals surface area contributed by atoms with Crippen molar-refractivity contribution in [3.63, 3.8) is 0 Å². The van der Waals surface area contributed by atoms with Gasteiger partial charge in [-0.05, 0) is 19.3 Å². The summed E-state index contributed by atoms with van der Waals surface area (Å²) in [7, 11) is 0. The van der Waals surface area contributed by atoms with Crippen molar-refractivity contribution in [3.05, 3.63) is 11.9 Å². The molecule has 0 spiro atoms. The van der Waals surface area contributed by atoms with E-state index in [0.717, 1.165) is 37.0 Å². The van der Waals surface area contributed by atoms with Gasteiger partial charge < -0.3 is 10.6 Å². The lowest BCUT2D eigenvalue weighted by atomic mass is 10.1. The van der Waals surface area contributed by atoms with Gasteiger partial charge in [0.25, 0.3) is 0 Å². The molecule has 0 aliphatic rings. The van der Waals surface area contributed by atoms with Crippen LogP contribution in [0.5, 0.6) is 0 Å². The van der Waals surface area contributed by atoms with Crippen LogP contribution < -0.4 is 10.6 Å². The summed E-state index contributed by atoms with van der Waals surface area (Å²) in [6.07, 6.45) is 2.27. The van der Waals surface area contributed by atoms with Gasteiger partial charge in [-0.15, -0.1) is 0 Å². The molecule has 1 aromatic rings. The lowest BCUT2D eigenvalue weighted by Crippen LogP contribution is -2.13. The first kappa shape index (κ1) is 13.7. The van der Waals surface area contributed by atoms with Gasteiger partial charge >= 0.3 is 0 Å². The smallest absolute Gasteiger partial charge is 0.131 e. The summed E-state index contributed by atoms with van der Waals surface area (Å²) in [5, 5.41) is 6.65. The molecule has 4 heteroatoms. The van der Waals surface area contributed by atoms with Crippen molar-refractivity contribution in [2.24, 2.45) is 5.92 Å². The third kappa shape index (κ3) is 5.02. The number of nitrogens with zero attached hydrogens (tertiary/aromatic N) is 2. The summed E-state index contributed by atoms with van der Waals surface area (Å²) in [6, 6.07) is 1.98. The van der Waals surface area contributed by atoms with E-state index in [9.17, 15) is 0 Å². The van der Waals surface area contributed by atoms with Crippen molar-refractivity contribution in [3.8, 4) is 0 Å². The molecule has 0 aromatic carbocycles. The molecule has 4 nitrogen and oxygen atoms in total. The van der Waals surface area contributed by atoms with Crippen molar-refractivity contribution in [1.82, 2.24) is 9.97 Å². The van der Waals surface area contributed by atoms with Gasteiger partial charge in [0.1, 0.15) is 17.5 Å². The van der Waals surface area contributed by atoms with Crippen LogP contribution in [0.3, 0.4) is 0 Å². The quantitative estimate of drug-likeness (QED) is 0.764. The summed E-state index contributed by atoms with van der Waals surface area (Å²) in [5.41, 5.74) is 0. The second-order valence-electron chi connectivity index (χ2n) is 4.51. The number of rotatable bonds is 7. The van der Waals surface area contributed by atoms with E-state index >= 15 is 0 Å². The highest BCUT2D eigenvalue weighted by Crippen LogP contribution is 2.12. The molecular formula is C13H24N4. The van der Waals surface area contributed by atoms with Crippen molar-refractivity contribution >= 4 is 11.6 Å². The monoisotopic (exact) mass is 236 g/mol. The molecule has 0 aliphatic carbocycles. The highest BCUT2D eigenvalue weighted by atomic mass is 15.1. The van der Waals surface area contributed by atoms with Gasteiger partial charge in [-0.1, -0.05) is 27.2 Å². The van der Waals surface area contributed by atoms with Crippen LogP contribution >= 0.6 is 0 Å². The zero-order chi connectivity index (χ0) is 12.7. The molecule has 1 unspecified atom stereocenters. The molecule has 0 aliphatic heterocycles. The molecule has 0 amide bonds. The highest BCUT2D eigenvalue weighted by molar-refractivity contribution is 5.47. The fourth-order valence-electron chi connectivity index (χ4n) is 1.43. The van der Waals surface area contributed by atoms with E-state index < -0.39 is 0 Å². The molecule has 96 valence electrons. The minimum absolute atomic E-state index is 0.664. The lowest BCUT2D eigenvalue weighted by molar-refractivity contribution is 0.592. The van der Waals surface area contributed by atoms with Gasteiger partial charge in [0.05, 0.1) is 0 Å². The van der Waals surface area contributed by atoms with E-state index in [2.05, 4.69) is 41.4 Å². The Morgan fingerprint density at radius 3 is 2.41 bits per heavy atom. The van der Waals surface area contributed by atoms with Crippen molar-refractivity contribution in [2.75, 3.05) is 23.7 Å². The summed E-state index contributed by atoms with van der Waals surface area (Å²) >= 11 is 0. The average molecular weight is 236 g/mol. The van der Waals surface area contributed by atoms with Crippen LogP contribution in [0.1, 0.15) is 39.4 Å². The first-order valence-electron chi connectivity index (χ1n) is 6.49. The number of anilines is 2. The maximum Gasteiger partial charge on any atom is 0.131 e. The second-order valence-corrected chi connectivity index (χ2v) is 4.51. The Bertz CT molecular complexity index is 338. The van der Waals surface area contributed by atoms with Gasteiger partial charge in [-0.3, -0.25) is 0 Å². The molecule has 0 saturated carbocycles. The largest absolute Gasteiger partial charge is 0.370 e. The number of nitrogens with one attached hydrogen (secondary N) is 2. The van der Waals surface area contributed by atoms with Crippen LogP contribution in [0.4, 0.5) is 11.6 Å². The maximum absolute atomic E-state index is 4.39. The zero-order valence-corrected chi connectivity index (χ0v) is 11.4. The minimum atomic E-state index is 0.664. The summed E-state index contributed by atoms with van der Waals surface area (Å²) < 4.78 is 0. The molecule has 2 N–H and O–H groups in total. The van der Waals surface area contributed by atoms with E-state index in [1.165, 1.54) is 6.42 Å². The third-order valence-corrected chi connectivity index (χ3v) is 2.72. The predicted octanol–water partition coefficient (Wildman–Crippen LogP) is 3.06. The fourth-order valence-corrected chi connectivity index (χ4v) is 1.43. The first-order chi connectivity index (χ1) is 8.15. The van der Waals surface area contributed by atoms with E-state index in [1.807, 2.05) is 13.0 Å². The molecule has 0 radical (unpaired) electrons. The van der Waals surface area contributed by atoms with E-state index in [1.54, 1.807) is 0 Å². The van der Waals surface area contributed by atoms with Crippen LogP contribution in [-0.4, -0.2) is 23.1 Å². The topological polar surface area (TPSA) is 49.8 Å². The normalized spacial score (nSPS) is 12.2. The Morgan fingerprint density at radius 2 is 1.82 bits per heavy atom. The van der Waals surface area contributed by atoms with Crippen LogP contribution in [-0.2, 0) is 0 Å². The second kappa shape index (κ2) is 7.09. The van der Waals surface area contributed by atoms with Gasteiger partial charge in [0.15, 0.2) is 0 Å². The highest BCUT2D eigenvalue weighted by Gasteiger charge is 2.03. The Labute approximate surface area is 104 Å². The maximum atomic E-state index is 4.39. The Kier molecular flexibility index (Phi) is 5.73. The molecule has 0 bridgehead atoms. The zero-order valence-electron chi connectivity index (χ0n) is 11.4. The molecule has 1 atom stereocenters. The standard InChI is InChI=1S/C13H24N4/c1-5-7-14-12-8-13(17-11(4)16-12)15-9-10(3)6-2/h8,10H,5-7,9H2,1-4H3,(H2,14,15,16,17). The first-order valence-corrected chi connectivity index (χ1v) is 6.49. The van der Waals surface area contributed by atoms with Crippen LogP contribution in [0.15, 0.2) is 6.07 Å². The van der Waals surface area contributed by atoms with Crippen LogP contribution in [0.2, 0.25) is 0 Å². The molecule has 1 heterocycles. The van der Waals surface area contributed by atoms with Gasteiger partial charge in [0.2, 0.25) is 0 Å². The van der Waals surface area contributed by atoms with Crippen molar-refractivity contribution in [2.45, 2.75) is 40.5 Å². The minimum Gasteiger partial charge on any atom is -0.370 e. The van der Waals surface area contributed by atoms with Crippen molar-refractivity contribution in [1.29, 1.82) is 0 Å². The molecule has 1 aromatic heterocycles. The SMILES string of the molecule is CCCNc1cc(NCC(C)CC)nc(C)n1. The van der Waals surface area contributed by atoms with E-state index in [-0.39, 0.29) is 0 Å². The van der Waals surface area contributed by atoms with Gasteiger partial charge in [0, 0.05) is 19.2 Å². The summed E-state index contributed by atoms with van der Waals surface area (Å²) in [5.74, 6) is 3.29. The van der Waals surface area contributed by atoms with E-state index in [4.69, 9.17) is 0 Å². The van der Waals surface area contributed by atoms with E-state index in [0.29, 0.717) is 5.92 Å². The van der Waals surface area contributed by atoms with Gasteiger partial charge in [-0.2, -0.15) is 0 Å². The third-order valence-electron chi connectivity index (χ3n) is 2.72. The number of hydrogen-bond acceptors (Lipinski definition) is 4. The number of hydrogen-bond donors (Lipinski definition) is 2. The molecule has 0 saturated heterocycles.